The van der Waals surface area contributed by atoms with Crippen LogP contribution in [0.5, 0.6) is 0 Å². The van der Waals surface area contributed by atoms with Crippen LogP contribution < -0.4 is 0 Å². The van der Waals surface area contributed by atoms with Crippen molar-refractivity contribution in [3.63, 3.8) is 0 Å². The van der Waals surface area contributed by atoms with E-state index in [1.165, 1.54) is 22.3 Å². The third-order valence-corrected chi connectivity index (χ3v) is 11.4. The molecule has 0 radical (unpaired) electrons. The molecule has 0 aliphatic carbocycles. The van der Waals surface area contributed by atoms with Gasteiger partial charge in [0.1, 0.15) is 18.0 Å². The lowest BCUT2D eigenvalue weighted by atomic mass is 9.89. The van der Waals surface area contributed by atoms with Gasteiger partial charge in [-0.25, -0.2) is 4.98 Å². The summed E-state index contributed by atoms with van der Waals surface area (Å²) >= 11 is 0. The molecule has 5 nitrogen and oxygen atoms in total. The van der Waals surface area contributed by atoms with E-state index in [2.05, 4.69) is 170 Å². The van der Waals surface area contributed by atoms with Crippen LogP contribution in [0.3, 0.4) is 0 Å². The summed E-state index contributed by atoms with van der Waals surface area (Å²) in [6.07, 6.45) is 0. The third kappa shape index (κ3) is 5.40. The highest BCUT2D eigenvalue weighted by Crippen LogP contribution is 2.49. The Morgan fingerprint density at radius 1 is 0.414 bits per heavy atom. The molecule has 10 rings (SSSR count). The first-order valence-corrected chi connectivity index (χ1v) is 19.5. The quantitative estimate of drug-likeness (QED) is 0.176. The van der Waals surface area contributed by atoms with Crippen molar-refractivity contribution in [1.29, 1.82) is 10.5 Å². The molecular weight excluding hydrogens is 707 g/mol. The number of pyridine rings is 1. The Kier molecular flexibility index (Phi) is 8.08. The number of benzene rings is 7. The zero-order chi connectivity index (χ0) is 39.7. The molecule has 0 fully saturated rings. The SMILES string of the molecule is Cc1ccc2c(c1)c1cc(C)ccc1n2-c1nc(-c2ccccc2)c(-n2c3ccc(C)cc3c3cc(C)ccc32)c(-c2ccc(C#N)c(C#N)c2)c1-c1ccccc1. The van der Waals surface area contributed by atoms with Crippen molar-refractivity contribution < 1.29 is 0 Å². The van der Waals surface area contributed by atoms with Gasteiger partial charge in [-0.2, -0.15) is 10.5 Å². The minimum absolute atomic E-state index is 0.320. The summed E-state index contributed by atoms with van der Waals surface area (Å²) in [5.74, 6) is 0.770. The molecule has 0 aliphatic rings. The zero-order valence-corrected chi connectivity index (χ0v) is 32.7. The summed E-state index contributed by atoms with van der Waals surface area (Å²) in [5, 5.41) is 25.2. The molecule has 7 aromatic carbocycles. The standard InChI is InChI=1S/C53H37N5/c1-32-15-21-45-41(25-32)42-26-33(2)16-22-46(42)57(45)52-49(38-19-20-39(30-54)40(29-38)31-55)50(36-11-7-5-8-12-36)53(56-51(52)37-13-9-6-10-14-37)58-47-23-17-34(3)27-43(47)44-28-35(4)18-24-48(44)58/h5-29H,1-4H3. The van der Waals surface area contributed by atoms with Crippen LogP contribution in [0, 0.1) is 50.4 Å². The van der Waals surface area contributed by atoms with Crippen LogP contribution >= 0.6 is 0 Å². The Morgan fingerprint density at radius 2 is 0.862 bits per heavy atom. The van der Waals surface area contributed by atoms with Crippen molar-refractivity contribution in [3.05, 3.63) is 185 Å². The largest absolute Gasteiger partial charge is 0.306 e. The summed E-state index contributed by atoms with van der Waals surface area (Å²) in [6, 6.07) is 57.7. The molecule has 274 valence electrons. The minimum atomic E-state index is 0.320. The fourth-order valence-corrected chi connectivity index (χ4v) is 8.76. The highest BCUT2D eigenvalue weighted by atomic mass is 15.1. The van der Waals surface area contributed by atoms with Crippen molar-refractivity contribution in [2.75, 3.05) is 0 Å². The average molecular weight is 744 g/mol. The van der Waals surface area contributed by atoms with Crippen molar-refractivity contribution >= 4 is 43.6 Å². The van der Waals surface area contributed by atoms with E-state index in [9.17, 15) is 10.5 Å². The zero-order valence-electron chi connectivity index (χ0n) is 32.7. The first kappa shape index (κ1) is 34.7. The smallest absolute Gasteiger partial charge is 0.147 e. The lowest BCUT2D eigenvalue weighted by molar-refractivity contribution is 1.06. The van der Waals surface area contributed by atoms with Gasteiger partial charge in [0.2, 0.25) is 0 Å². The Morgan fingerprint density at radius 3 is 1.33 bits per heavy atom. The van der Waals surface area contributed by atoms with Crippen LogP contribution in [0.1, 0.15) is 33.4 Å². The number of aryl methyl sites for hydroxylation is 4. The predicted molar refractivity (Wildman–Crippen MR) is 238 cm³/mol. The number of aromatic nitrogens is 3. The molecule has 10 aromatic rings. The van der Waals surface area contributed by atoms with Gasteiger partial charge < -0.3 is 4.57 Å². The monoisotopic (exact) mass is 743 g/mol. The van der Waals surface area contributed by atoms with E-state index in [0.29, 0.717) is 11.1 Å². The maximum Gasteiger partial charge on any atom is 0.147 e. The number of rotatable bonds is 5. The highest BCUT2D eigenvalue weighted by molar-refractivity contribution is 6.13. The van der Waals surface area contributed by atoms with Crippen molar-refractivity contribution in [3.8, 4) is 57.2 Å². The number of hydrogen-bond donors (Lipinski definition) is 0. The number of nitrogens with zero attached hydrogens (tertiary/aromatic N) is 5. The molecule has 3 aromatic heterocycles. The lowest BCUT2D eigenvalue weighted by Crippen LogP contribution is -2.10. The van der Waals surface area contributed by atoms with Crippen LogP contribution in [0.2, 0.25) is 0 Å². The maximum absolute atomic E-state index is 10.5. The lowest BCUT2D eigenvalue weighted by Gasteiger charge is -2.25. The van der Waals surface area contributed by atoms with E-state index in [-0.39, 0.29) is 0 Å². The average Bonchev–Trinajstić information content (AvgIpc) is 3.73. The second-order valence-electron chi connectivity index (χ2n) is 15.4. The second kappa shape index (κ2) is 13.5. The summed E-state index contributed by atoms with van der Waals surface area (Å²) < 4.78 is 4.69. The summed E-state index contributed by atoms with van der Waals surface area (Å²) in [4.78, 5) is 5.90. The first-order chi connectivity index (χ1) is 28.3. The molecule has 0 aliphatic heterocycles. The second-order valence-corrected chi connectivity index (χ2v) is 15.4. The fourth-order valence-electron chi connectivity index (χ4n) is 8.76. The Labute approximate surface area is 336 Å². The van der Waals surface area contributed by atoms with Gasteiger partial charge >= 0.3 is 0 Å². The topological polar surface area (TPSA) is 70.3 Å². The van der Waals surface area contributed by atoms with E-state index < -0.39 is 0 Å². The van der Waals surface area contributed by atoms with E-state index in [1.54, 1.807) is 6.07 Å². The third-order valence-electron chi connectivity index (χ3n) is 11.4. The fraction of sp³-hybridized carbons (Fsp3) is 0.0755. The molecule has 0 saturated heterocycles. The van der Waals surface area contributed by atoms with Crippen molar-refractivity contribution in [1.82, 2.24) is 14.1 Å². The van der Waals surface area contributed by atoms with Crippen LogP contribution in [-0.4, -0.2) is 14.1 Å². The predicted octanol–water partition coefficient (Wildman–Crippen LogP) is 13.3. The molecule has 0 atom stereocenters. The molecule has 0 unspecified atom stereocenters. The molecule has 0 saturated carbocycles. The first-order valence-electron chi connectivity index (χ1n) is 19.5. The molecule has 0 spiro atoms. The highest BCUT2D eigenvalue weighted by Gasteiger charge is 2.29. The Bertz CT molecular complexity index is 3270. The van der Waals surface area contributed by atoms with Gasteiger partial charge in [0.25, 0.3) is 0 Å². The van der Waals surface area contributed by atoms with Gasteiger partial charge in [0, 0.05) is 38.2 Å². The van der Waals surface area contributed by atoms with E-state index in [0.717, 1.165) is 88.6 Å². The molecule has 5 heteroatoms. The summed E-state index contributed by atoms with van der Waals surface area (Å²) in [5.41, 5.74) is 15.8. The van der Waals surface area contributed by atoms with Gasteiger partial charge in [-0.1, -0.05) is 113 Å². The van der Waals surface area contributed by atoms with Gasteiger partial charge in [0.05, 0.1) is 44.6 Å². The number of fused-ring (bicyclic) bond motifs is 6. The van der Waals surface area contributed by atoms with Crippen LogP contribution in [0.4, 0.5) is 0 Å². The van der Waals surface area contributed by atoms with Gasteiger partial charge in [-0.3, -0.25) is 4.57 Å². The Balaban J connectivity index is 1.51. The summed E-state index contributed by atoms with van der Waals surface area (Å²) in [7, 11) is 0. The summed E-state index contributed by atoms with van der Waals surface area (Å²) in [6.45, 7) is 8.55. The molecular formula is C53H37N5. The van der Waals surface area contributed by atoms with E-state index in [1.807, 2.05) is 24.3 Å². The van der Waals surface area contributed by atoms with Gasteiger partial charge in [0.15, 0.2) is 0 Å². The van der Waals surface area contributed by atoms with E-state index in [4.69, 9.17) is 4.98 Å². The molecule has 3 heterocycles. The van der Waals surface area contributed by atoms with E-state index >= 15 is 0 Å². The normalized spacial score (nSPS) is 11.4. The number of nitriles is 2. The van der Waals surface area contributed by atoms with Gasteiger partial charge in [-0.15, -0.1) is 0 Å². The van der Waals surface area contributed by atoms with Crippen LogP contribution in [0.15, 0.2) is 152 Å². The van der Waals surface area contributed by atoms with Crippen molar-refractivity contribution in [2.24, 2.45) is 0 Å². The van der Waals surface area contributed by atoms with Gasteiger partial charge in [-0.05, 0) is 99.5 Å². The molecule has 58 heavy (non-hydrogen) atoms. The molecule has 0 bridgehead atoms. The van der Waals surface area contributed by atoms with Crippen LogP contribution in [0.25, 0.3) is 88.6 Å². The van der Waals surface area contributed by atoms with Crippen molar-refractivity contribution in [2.45, 2.75) is 27.7 Å². The minimum Gasteiger partial charge on any atom is -0.306 e. The molecule has 0 N–H and O–H groups in total. The maximum atomic E-state index is 10.5. The molecule has 0 amide bonds. The number of hydrogen-bond acceptors (Lipinski definition) is 3. The van der Waals surface area contributed by atoms with Crippen LogP contribution in [-0.2, 0) is 0 Å². The Hall–Kier alpha value is -7.73.